The van der Waals surface area contributed by atoms with Crippen molar-refractivity contribution in [3.05, 3.63) is 0 Å². The summed E-state index contributed by atoms with van der Waals surface area (Å²) in [7, 11) is 1.71. The number of piperidine rings is 1. The molecule has 58 valence electrons. The van der Waals surface area contributed by atoms with Gasteiger partial charge in [-0.25, -0.2) is 0 Å². The van der Waals surface area contributed by atoms with Crippen molar-refractivity contribution >= 4 is 5.91 Å². The third-order valence-electron chi connectivity index (χ3n) is 2.03. The Bertz CT molecular complexity index is 119. The first-order valence-corrected chi connectivity index (χ1v) is 3.88. The molecule has 1 heterocycles. The Kier molecular flexibility index (Phi) is 2.68. The van der Waals surface area contributed by atoms with Crippen molar-refractivity contribution in [2.45, 2.75) is 12.8 Å². The highest BCUT2D eigenvalue weighted by Gasteiger charge is 2.21. The van der Waals surface area contributed by atoms with Crippen LogP contribution in [0.1, 0.15) is 12.8 Å². The van der Waals surface area contributed by atoms with Crippen LogP contribution in [-0.4, -0.2) is 26.0 Å². The van der Waals surface area contributed by atoms with E-state index in [1.165, 1.54) is 13.0 Å². The number of amides is 1. The summed E-state index contributed by atoms with van der Waals surface area (Å²) in [5, 5.41) is 4.89. The van der Waals surface area contributed by atoms with Gasteiger partial charge in [0.1, 0.15) is 0 Å². The number of carbonyl (C=O) groups excluding carboxylic acids is 1. The summed E-state index contributed by atoms with van der Waals surface area (Å²) in [6.07, 6.45) is 2.24. The highest BCUT2D eigenvalue weighted by Crippen LogP contribution is 2.05. The zero-order valence-electron chi connectivity index (χ0n) is 6.39. The molecule has 0 radical (unpaired) electrons. The molecule has 0 spiro atoms. The van der Waals surface area contributed by atoms with E-state index in [2.05, 4.69) is 10.6 Å². The van der Waals surface area contributed by atoms with E-state index < -0.39 is 0 Å². The van der Waals surface area contributed by atoms with E-state index in [4.69, 9.17) is 0 Å². The summed E-state index contributed by atoms with van der Waals surface area (Å²) in [6.45, 7) is 2.16. The van der Waals surface area contributed by atoms with E-state index in [0.717, 1.165) is 13.0 Å². The van der Waals surface area contributed by atoms with Gasteiger partial charge in [0.05, 0.1) is 19.0 Å². The highest BCUT2D eigenvalue weighted by atomic mass is 16.1. The average Bonchev–Trinajstić information content (AvgIpc) is 2.05. The number of hydrogen-bond donors (Lipinski definition) is 2. The summed E-state index contributed by atoms with van der Waals surface area (Å²) in [5.41, 5.74) is 0. The van der Waals surface area contributed by atoms with E-state index in [-0.39, 0.29) is 11.8 Å². The summed E-state index contributed by atoms with van der Waals surface area (Å²) in [4.78, 5) is 11.0. The lowest BCUT2D eigenvalue weighted by Gasteiger charge is -2.17. The molecule has 3 nitrogen and oxygen atoms in total. The minimum atomic E-state index is 0.205. The van der Waals surface area contributed by atoms with Gasteiger partial charge in [0.2, 0.25) is 5.91 Å². The van der Waals surface area contributed by atoms with E-state index in [1.54, 1.807) is 7.05 Å². The molecule has 10 heavy (non-hydrogen) atoms. The molecule has 1 atom stereocenters. The Morgan fingerprint density at radius 1 is 1.70 bits per heavy atom. The molecule has 1 fully saturated rings. The lowest BCUT2D eigenvalue weighted by atomic mass is 9.99. The smallest absolute Gasteiger partial charge is 0.228 e. The first-order chi connectivity index (χ1) is 4.84. The van der Waals surface area contributed by atoms with Gasteiger partial charge < -0.3 is 10.6 Å². The predicted octanol–water partition coefficient (Wildman–Crippen LogP) is -1.29. The van der Waals surface area contributed by atoms with E-state index in [9.17, 15) is 4.79 Å². The quantitative estimate of drug-likeness (QED) is 0.471. The number of carbonyl (C=O) groups is 1. The van der Waals surface area contributed by atoms with Crippen LogP contribution in [0.25, 0.3) is 0 Å². The van der Waals surface area contributed by atoms with Crippen LogP contribution >= 0.6 is 0 Å². The second-order valence-electron chi connectivity index (χ2n) is 2.77. The van der Waals surface area contributed by atoms with E-state index in [1.807, 2.05) is 0 Å². The molecule has 1 rings (SSSR count). The number of hydrogen-bond acceptors (Lipinski definition) is 1. The molecule has 0 saturated carbocycles. The topological polar surface area (TPSA) is 45.7 Å². The van der Waals surface area contributed by atoms with Gasteiger partial charge in [-0.15, -0.1) is 0 Å². The van der Waals surface area contributed by atoms with Crippen LogP contribution in [-0.2, 0) is 4.79 Å². The zero-order valence-corrected chi connectivity index (χ0v) is 6.39. The van der Waals surface area contributed by atoms with Gasteiger partial charge >= 0.3 is 0 Å². The Morgan fingerprint density at radius 3 is 3.00 bits per heavy atom. The molecule has 1 aliphatic rings. The summed E-state index contributed by atoms with van der Waals surface area (Å²) in [5.74, 6) is 0.467. The average molecular weight is 143 g/mol. The predicted molar refractivity (Wildman–Crippen MR) is 38.5 cm³/mol. The fourth-order valence-corrected chi connectivity index (χ4v) is 1.39. The lowest BCUT2D eigenvalue weighted by Crippen LogP contribution is -2.87. The molecule has 0 unspecified atom stereocenters. The van der Waals surface area contributed by atoms with Gasteiger partial charge in [0, 0.05) is 7.05 Å². The van der Waals surface area contributed by atoms with Crippen LogP contribution in [0.2, 0.25) is 0 Å². The van der Waals surface area contributed by atoms with Crippen molar-refractivity contribution in [1.29, 1.82) is 0 Å². The maximum absolute atomic E-state index is 11.0. The van der Waals surface area contributed by atoms with Gasteiger partial charge in [-0.2, -0.15) is 0 Å². The fourth-order valence-electron chi connectivity index (χ4n) is 1.39. The van der Waals surface area contributed by atoms with Crippen LogP contribution in [0.15, 0.2) is 0 Å². The molecular weight excluding hydrogens is 128 g/mol. The Hall–Kier alpha value is -0.570. The molecule has 0 aromatic heterocycles. The Morgan fingerprint density at radius 2 is 2.50 bits per heavy atom. The minimum Gasteiger partial charge on any atom is -0.359 e. The van der Waals surface area contributed by atoms with Crippen LogP contribution < -0.4 is 10.6 Å². The second kappa shape index (κ2) is 3.56. The molecule has 0 aromatic carbocycles. The third-order valence-corrected chi connectivity index (χ3v) is 2.03. The van der Waals surface area contributed by atoms with Crippen molar-refractivity contribution in [3.63, 3.8) is 0 Å². The monoisotopic (exact) mass is 143 g/mol. The number of rotatable bonds is 1. The molecule has 3 heteroatoms. The summed E-state index contributed by atoms with van der Waals surface area (Å²) >= 11 is 0. The van der Waals surface area contributed by atoms with Crippen LogP contribution in [0.3, 0.4) is 0 Å². The van der Waals surface area contributed by atoms with Gasteiger partial charge in [0.25, 0.3) is 0 Å². The Balaban J connectivity index is 2.31. The first-order valence-electron chi connectivity index (χ1n) is 3.88. The number of nitrogens with two attached hydrogens (primary N) is 1. The maximum atomic E-state index is 11.0. The molecule has 0 bridgehead atoms. The lowest BCUT2D eigenvalue weighted by molar-refractivity contribution is -0.666. The number of nitrogens with one attached hydrogen (secondary N) is 1. The molecule has 0 aromatic rings. The minimum absolute atomic E-state index is 0.205. The van der Waals surface area contributed by atoms with Gasteiger partial charge in [-0.05, 0) is 12.8 Å². The van der Waals surface area contributed by atoms with Crippen molar-refractivity contribution in [3.8, 4) is 0 Å². The molecule has 0 aliphatic carbocycles. The van der Waals surface area contributed by atoms with Crippen LogP contribution in [0.4, 0.5) is 0 Å². The van der Waals surface area contributed by atoms with Crippen molar-refractivity contribution in [2.75, 3.05) is 20.1 Å². The zero-order chi connectivity index (χ0) is 7.40. The van der Waals surface area contributed by atoms with Crippen molar-refractivity contribution in [2.24, 2.45) is 5.92 Å². The third kappa shape index (κ3) is 1.70. The van der Waals surface area contributed by atoms with Crippen LogP contribution in [0.5, 0.6) is 0 Å². The SMILES string of the molecule is CNC(=O)[C@H]1CCC[NH2+]C1. The van der Waals surface area contributed by atoms with Crippen LogP contribution in [0, 0.1) is 5.92 Å². The van der Waals surface area contributed by atoms with Crippen molar-refractivity contribution < 1.29 is 10.1 Å². The molecule has 1 amide bonds. The van der Waals surface area contributed by atoms with Gasteiger partial charge in [0.15, 0.2) is 0 Å². The molecular formula is C7H15N2O+. The normalized spacial score (nSPS) is 25.9. The highest BCUT2D eigenvalue weighted by molar-refractivity contribution is 5.78. The van der Waals surface area contributed by atoms with E-state index in [0.29, 0.717) is 0 Å². The molecule has 1 aliphatic heterocycles. The maximum Gasteiger partial charge on any atom is 0.228 e. The first kappa shape index (κ1) is 7.54. The van der Waals surface area contributed by atoms with Crippen molar-refractivity contribution in [1.82, 2.24) is 5.32 Å². The standard InChI is InChI=1S/C7H14N2O/c1-8-7(10)6-3-2-4-9-5-6/h6,9H,2-5H2,1H3,(H,8,10)/p+1/t6-/m0/s1. The second-order valence-corrected chi connectivity index (χ2v) is 2.77. The summed E-state index contributed by atoms with van der Waals surface area (Å²) < 4.78 is 0. The van der Waals surface area contributed by atoms with E-state index >= 15 is 0 Å². The summed E-state index contributed by atoms with van der Waals surface area (Å²) in [6, 6.07) is 0. The largest absolute Gasteiger partial charge is 0.359 e. The number of quaternary nitrogens is 1. The van der Waals surface area contributed by atoms with Gasteiger partial charge in [-0.3, -0.25) is 4.79 Å². The Labute approximate surface area is 61.2 Å². The molecule has 1 saturated heterocycles. The molecule has 3 N–H and O–H groups in total. The van der Waals surface area contributed by atoms with Gasteiger partial charge in [-0.1, -0.05) is 0 Å². The fraction of sp³-hybridized carbons (Fsp3) is 0.857.